The molecule has 170 valence electrons. The van der Waals surface area contributed by atoms with Crippen molar-refractivity contribution < 1.29 is 9.59 Å². The summed E-state index contributed by atoms with van der Waals surface area (Å²) in [6.07, 6.45) is 1.63. The maximum Gasteiger partial charge on any atom is 0.254 e. The van der Waals surface area contributed by atoms with E-state index < -0.39 is 11.8 Å². The summed E-state index contributed by atoms with van der Waals surface area (Å²) >= 11 is 0. The standard InChI is InChI=1S/C29H27N3O2/c1-3-31(4-2)19-15-13-18(14-16-19)17-30-32-28(33)26-24-20-9-5-6-10-21(20)25(27(26)29(32)34)23-12-8-7-11-22(23)24/h5-17,24-27H,3-4H2,1-2H3/b30-17-/t24?,25?,26-,27-/m0/s1. The Labute approximate surface area is 199 Å². The highest BCUT2D eigenvalue weighted by atomic mass is 16.2. The van der Waals surface area contributed by atoms with Gasteiger partial charge in [0.2, 0.25) is 0 Å². The van der Waals surface area contributed by atoms with Crippen LogP contribution in [0.25, 0.3) is 0 Å². The SMILES string of the molecule is CCN(CC)c1ccc(/C=N\N2C(=O)[C@H]3C4c5ccccc5C(c5ccccc54)[C@@H]3C2=O)cc1. The van der Waals surface area contributed by atoms with Gasteiger partial charge in [-0.2, -0.15) is 10.1 Å². The summed E-state index contributed by atoms with van der Waals surface area (Å²) in [7, 11) is 0. The summed E-state index contributed by atoms with van der Waals surface area (Å²) in [5.41, 5.74) is 6.70. The molecule has 0 aromatic heterocycles. The minimum absolute atomic E-state index is 0.104. The fourth-order valence-corrected chi connectivity index (χ4v) is 6.26. The van der Waals surface area contributed by atoms with Crippen molar-refractivity contribution >= 4 is 23.7 Å². The average molecular weight is 450 g/mol. The molecule has 3 aromatic carbocycles. The monoisotopic (exact) mass is 449 g/mol. The van der Waals surface area contributed by atoms with E-state index in [1.165, 1.54) is 22.3 Å². The summed E-state index contributed by atoms with van der Waals surface area (Å²) < 4.78 is 0. The van der Waals surface area contributed by atoms with E-state index in [4.69, 9.17) is 0 Å². The fraction of sp³-hybridized carbons (Fsp3) is 0.276. The lowest BCUT2D eigenvalue weighted by atomic mass is 9.55. The van der Waals surface area contributed by atoms with Crippen molar-refractivity contribution in [3.8, 4) is 0 Å². The van der Waals surface area contributed by atoms with Gasteiger partial charge >= 0.3 is 0 Å². The van der Waals surface area contributed by atoms with Gasteiger partial charge in [-0.1, -0.05) is 60.7 Å². The zero-order valence-corrected chi connectivity index (χ0v) is 19.4. The number of carbonyl (C=O) groups excluding carboxylic acids is 2. The predicted molar refractivity (Wildman–Crippen MR) is 133 cm³/mol. The Balaban J connectivity index is 1.34. The van der Waals surface area contributed by atoms with Crippen molar-refractivity contribution in [2.24, 2.45) is 16.9 Å². The molecule has 2 amide bonds. The summed E-state index contributed by atoms with van der Waals surface area (Å²) in [5.74, 6) is -1.39. The van der Waals surface area contributed by atoms with Crippen molar-refractivity contribution in [3.05, 3.63) is 101 Å². The number of imide groups is 1. The van der Waals surface area contributed by atoms with Crippen LogP contribution < -0.4 is 4.90 Å². The van der Waals surface area contributed by atoms with E-state index in [0.29, 0.717) is 0 Å². The van der Waals surface area contributed by atoms with Crippen LogP contribution in [-0.2, 0) is 9.59 Å². The molecule has 7 rings (SSSR count). The fourth-order valence-electron chi connectivity index (χ4n) is 6.26. The molecular formula is C29H27N3O2. The van der Waals surface area contributed by atoms with Gasteiger partial charge in [0.1, 0.15) is 0 Å². The highest BCUT2D eigenvalue weighted by Crippen LogP contribution is 2.60. The second-order valence-electron chi connectivity index (χ2n) is 9.26. The van der Waals surface area contributed by atoms with Gasteiger partial charge in [0.15, 0.2) is 0 Å². The van der Waals surface area contributed by atoms with E-state index >= 15 is 0 Å². The maximum absolute atomic E-state index is 13.6. The van der Waals surface area contributed by atoms with E-state index in [-0.39, 0.29) is 23.7 Å². The Morgan fingerprint density at radius 2 is 1.18 bits per heavy atom. The number of amides is 2. The molecule has 2 bridgehead atoms. The molecule has 3 aliphatic carbocycles. The van der Waals surface area contributed by atoms with Crippen molar-refractivity contribution in [1.82, 2.24) is 5.01 Å². The first kappa shape index (κ1) is 20.8. The number of hydrogen-bond donors (Lipinski definition) is 0. The second kappa shape index (κ2) is 7.94. The van der Waals surface area contributed by atoms with Gasteiger partial charge < -0.3 is 4.90 Å². The Morgan fingerprint density at radius 3 is 1.59 bits per heavy atom. The predicted octanol–water partition coefficient (Wildman–Crippen LogP) is 4.76. The minimum Gasteiger partial charge on any atom is -0.372 e. The van der Waals surface area contributed by atoms with E-state index in [9.17, 15) is 9.59 Å². The number of anilines is 1. The van der Waals surface area contributed by atoms with Gasteiger partial charge in [0.25, 0.3) is 11.8 Å². The van der Waals surface area contributed by atoms with Gasteiger partial charge in [0.05, 0.1) is 18.1 Å². The molecule has 1 heterocycles. The molecule has 0 unspecified atom stereocenters. The summed E-state index contributed by atoms with van der Waals surface area (Å²) in [6.45, 7) is 6.15. The normalized spacial score (nSPS) is 24.4. The highest BCUT2D eigenvalue weighted by Gasteiger charge is 2.61. The zero-order valence-electron chi connectivity index (χ0n) is 19.4. The van der Waals surface area contributed by atoms with Gasteiger partial charge in [-0.3, -0.25) is 9.59 Å². The largest absolute Gasteiger partial charge is 0.372 e. The number of rotatable bonds is 5. The van der Waals surface area contributed by atoms with Crippen LogP contribution in [0.2, 0.25) is 0 Å². The summed E-state index contributed by atoms with van der Waals surface area (Å²) in [5, 5.41) is 5.54. The summed E-state index contributed by atoms with van der Waals surface area (Å²) in [4.78, 5) is 29.4. The molecule has 2 atom stereocenters. The number of hydrogen-bond acceptors (Lipinski definition) is 4. The first-order valence-corrected chi connectivity index (χ1v) is 12.1. The van der Waals surface area contributed by atoms with Crippen LogP contribution in [0.4, 0.5) is 5.69 Å². The molecule has 5 heteroatoms. The summed E-state index contributed by atoms with van der Waals surface area (Å²) in [6, 6.07) is 24.6. The lowest BCUT2D eigenvalue weighted by molar-refractivity contribution is -0.139. The molecule has 1 saturated heterocycles. The number of carbonyl (C=O) groups is 2. The number of hydrazone groups is 1. The maximum atomic E-state index is 13.6. The molecule has 0 radical (unpaired) electrons. The molecule has 0 saturated carbocycles. The van der Waals surface area contributed by atoms with E-state index in [2.05, 4.69) is 60.2 Å². The quantitative estimate of drug-likeness (QED) is 0.417. The number of nitrogens with zero attached hydrogens (tertiary/aromatic N) is 3. The Bertz CT molecular complexity index is 1190. The van der Waals surface area contributed by atoms with Crippen LogP contribution in [0.5, 0.6) is 0 Å². The third-order valence-corrected chi connectivity index (χ3v) is 7.77. The Hall–Kier alpha value is -3.73. The van der Waals surface area contributed by atoms with Gasteiger partial charge in [0, 0.05) is 30.6 Å². The third-order valence-electron chi connectivity index (χ3n) is 7.77. The van der Waals surface area contributed by atoms with Crippen LogP contribution in [0.3, 0.4) is 0 Å². The van der Waals surface area contributed by atoms with Crippen molar-refractivity contribution in [2.75, 3.05) is 18.0 Å². The van der Waals surface area contributed by atoms with E-state index in [1.54, 1.807) is 6.21 Å². The topological polar surface area (TPSA) is 53.0 Å². The van der Waals surface area contributed by atoms with Gasteiger partial charge in [-0.25, -0.2) is 0 Å². The molecule has 1 aliphatic heterocycles. The van der Waals surface area contributed by atoms with Crippen molar-refractivity contribution in [2.45, 2.75) is 25.7 Å². The van der Waals surface area contributed by atoms with Crippen LogP contribution in [-0.4, -0.2) is 36.1 Å². The molecule has 3 aromatic rings. The second-order valence-corrected chi connectivity index (χ2v) is 9.26. The van der Waals surface area contributed by atoms with E-state index in [1.807, 2.05) is 36.4 Å². The molecule has 0 N–H and O–H groups in total. The van der Waals surface area contributed by atoms with E-state index in [0.717, 1.165) is 29.3 Å². The molecule has 5 nitrogen and oxygen atoms in total. The third kappa shape index (κ3) is 2.89. The smallest absolute Gasteiger partial charge is 0.254 e. The first-order valence-electron chi connectivity index (χ1n) is 12.1. The van der Waals surface area contributed by atoms with Crippen molar-refractivity contribution in [3.63, 3.8) is 0 Å². The van der Waals surface area contributed by atoms with Crippen LogP contribution >= 0.6 is 0 Å². The average Bonchev–Trinajstić information content (AvgIpc) is 3.14. The van der Waals surface area contributed by atoms with Gasteiger partial charge in [-0.15, -0.1) is 0 Å². The highest BCUT2D eigenvalue weighted by molar-refractivity contribution is 6.08. The lowest BCUT2D eigenvalue weighted by Gasteiger charge is -2.45. The molecule has 1 fully saturated rings. The zero-order chi connectivity index (χ0) is 23.4. The van der Waals surface area contributed by atoms with Gasteiger partial charge in [-0.05, 0) is 53.8 Å². The molecule has 4 aliphatic rings. The lowest BCUT2D eigenvalue weighted by Crippen LogP contribution is -2.41. The molecule has 0 spiro atoms. The van der Waals surface area contributed by atoms with Crippen LogP contribution in [0.15, 0.2) is 77.9 Å². The number of benzene rings is 3. The Kier molecular flexibility index (Phi) is 4.87. The van der Waals surface area contributed by atoms with Crippen LogP contribution in [0.1, 0.15) is 53.5 Å². The molecular weight excluding hydrogens is 422 g/mol. The minimum atomic E-state index is -0.399. The van der Waals surface area contributed by atoms with Crippen LogP contribution in [0, 0.1) is 11.8 Å². The Morgan fingerprint density at radius 1 is 0.735 bits per heavy atom. The van der Waals surface area contributed by atoms with Crippen molar-refractivity contribution in [1.29, 1.82) is 0 Å². The first-order chi connectivity index (χ1) is 16.6. The molecule has 34 heavy (non-hydrogen) atoms.